The average molecular weight is 695 g/mol. The number of hydrogen-bond acceptors (Lipinski definition) is 20. The second kappa shape index (κ2) is 13.4. The molecule has 4 rings (SSSR count). The SMILES string of the molecule is CC(=O)O[C@@]1(OC(=O)c2cc(O)c(O)c(O)c2)O[C@H](COC(=O)c2cc(O)c(O)c(O)c2)[C@@H](O)[C@H](OC(=O)c2cc(O)c(O)c(O)c2)[C@H]1O. The third-order valence-electron chi connectivity index (χ3n) is 6.77. The second-order valence-electron chi connectivity index (χ2n) is 10.2. The van der Waals surface area contributed by atoms with Crippen molar-refractivity contribution >= 4 is 23.9 Å². The number of ether oxygens (including phenoxy) is 5. The number of aliphatic hydroxyl groups is 2. The van der Waals surface area contributed by atoms with Crippen LogP contribution in [-0.2, 0) is 28.5 Å². The molecule has 0 bridgehead atoms. The van der Waals surface area contributed by atoms with Crippen LogP contribution in [0.5, 0.6) is 51.7 Å². The van der Waals surface area contributed by atoms with E-state index in [1.807, 2.05) is 0 Å². The van der Waals surface area contributed by atoms with Crippen molar-refractivity contribution in [3.05, 3.63) is 53.1 Å². The number of hydrogen-bond donors (Lipinski definition) is 11. The van der Waals surface area contributed by atoms with E-state index in [-0.39, 0.29) is 0 Å². The van der Waals surface area contributed by atoms with E-state index in [1.54, 1.807) is 0 Å². The number of phenols is 9. The quantitative estimate of drug-likeness (QED) is 0.0619. The molecule has 11 N–H and O–H groups in total. The lowest BCUT2D eigenvalue weighted by atomic mass is 9.97. The van der Waals surface area contributed by atoms with E-state index in [4.69, 9.17) is 23.7 Å². The fourth-order valence-corrected chi connectivity index (χ4v) is 4.39. The Morgan fingerprint density at radius 1 is 0.633 bits per heavy atom. The fraction of sp³-hybridized carbons (Fsp3) is 0.241. The van der Waals surface area contributed by atoms with Crippen molar-refractivity contribution in [2.45, 2.75) is 37.3 Å². The highest BCUT2D eigenvalue weighted by Crippen LogP contribution is 2.40. The average Bonchev–Trinajstić information content (AvgIpc) is 3.03. The number of aliphatic hydroxyl groups excluding tert-OH is 2. The van der Waals surface area contributed by atoms with Crippen molar-refractivity contribution in [1.29, 1.82) is 0 Å². The molecule has 0 saturated carbocycles. The number of carbonyl (C=O) groups is 4. The smallest absolute Gasteiger partial charge is 0.408 e. The van der Waals surface area contributed by atoms with Crippen molar-refractivity contribution in [3.63, 3.8) is 0 Å². The maximum atomic E-state index is 13.1. The normalized spacial score (nSPS) is 21.7. The molecule has 20 nitrogen and oxygen atoms in total. The lowest BCUT2D eigenvalue weighted by Crippen LogP contribution is -2.68. The zero-order valence-corrected chi connectivity index (χ0v) is 24.6. The Balaban J connectivity index is 1.73. The molecule has 0 aliphatic carbocycles. The molecule has 0 spiro atoms. The molecule has 1 saturated heterocycles. The molecule has 3 aromatic rings. The van der Waals surface area contributed by atoms with Crippen molar-refractivity contribution in [2.75, 3.05) is 6.61 Å². The summed E-state index contributed by atoms with van der Waals surface area (Å²) in [6, 6.07) is 3.73. The first-order chi connectivity index (χ1) is 22.8. The van der Waals surface area contributed by atoms with Gasteiger partial charge >= 0.3 is 29.9 Å². The van der Waals surface area contributed by atoms with Crippen LogP contribution in [0.4, 0.5) is 0 Å². The Kier molecular flexibility index (Phi) is 9.69. The van der Waals surface area contributed by atoms with Crippen molar-refractivity contribution in [1.82, 2.24) is 0 Å². The summed E-state index contributed by atoms with van der Waals surface area (Å²) in [5, 5.41) is 110. The lowest BCUT2D eigenvalue weighted by molar-refractivity contribution is -0.428. The highest BCUT2D eigenvalue weighted by atomic mass is 16.9. The molecular weight excluding hydrogens is 668 g/mol. The minimum absolute atomic E-state index is 0.558. The Morgan fingerprint density at radius 2 is 1.02 bits per heavy atom. The molecule has 1 fully saturated rings. The van der Waals surface area contributed by atoms with Gasteiger partial charge in [-0.2, -0.15) is 0 Å². The lowest BCUT2D eigenvalue weighted by Gasteiger charge is -2.46. The molecule has 49 heavy (non-hydrogen) atoms. The Morgan fingerprint density at radius 3 is 1.43 bits per heavy atom. The molecule has 0 unspecified atom stereocenters. The van der Waals surface area contributed by atoms with E-state index in [2.05, 4.69) is 0 Å². The van der Waals surface area contributed by atoms with E-state index in [0.717, 1.165) is 6.92 Å². The van der Waals surface area contributed by atoms with Crippen molar-refractivity contribution in [2.24, 2.45) is 0 Å². The summed E-state index contributed by atoms with van der Waals surface area (Å²) in [6.45, 7) is -0.387. The van der Waals surface area contributed by atoms with Gasteiger partial charge in [0.25, 0.3) is 0 Å². The van der Waals surface area contributed by atoms with Crippen molar-refractivity contribution < 1.29 is 99.0 Å². The number of phenolic OH excluding ortho intramolecular Hbond substituents is 9. The predicted molar refractivity (Wildman–Crippen MR) is 151 cm³/mol. The standard InChI is InChI=1S/C29H26O20/c1-9(30)47-29(49-28(44)12-6-17(35)22(39)18(36)7-12)25(41)24(46-27(43)11-4-15(33)21(38)16(34)5-11)23(40)19(48-29)8-45-26(42)10-2-13(31)20(37)14(32)3-10/h2-7,19,23-25,31-41H,8H2,1H3/t19-,23-,24+,25-,29-/m1/s1. The summed E-state index contributed by atoms with van der Waals surface area (Å²) >= 11 is 0. The molecule has 5 atom stereocenters. The minimum Gasteiger partial charge on any atom is -0.504 e. The highest BCUT2D eigenvalue weighted by molar-refractivity contribution is 5.92. The summed E-state index contributed by atoms with van der Waals surface area (Å²) in [5.41, 5.74) is -1.99. The van der Waals surface area contributed by atoms with Gasteiger partial charge in [-0.3, -0.25) is 9.53 Å². The van der Waals surface area contributed by atoms with Crippen LogP contribution in [0.25, 0.3) is 0 Å². The minimum atomic E-state index is -3.40. The molecule has 1 heterocycles. The topological polar surface area (TPSA) is 337 Å². The monoisotopic (exact) mass is 694 g/mol. The Labute approximate surface area is 272 Å². The van der Waals surface area contributed by atoms with Crippen LogP contribution >= 0.6 is 0 Å². The van der Waals surface area contributed by atoms with Gasteiger partial charge < -0.3 is 75.1 Å². The first-order valence-electron chi connectivity index (χ1n) is 13.4. The van der Waals surface area contributed by atoms with E-state index < -0.39 is 129 Å². The first-order valence-corrected chi connectivity index (χ1v) is 13.4. The number of rotatable bonds is 8. The van der Waals surface area contributed by atoms with E-state index in [9.17, 15) is 75.3 Å². The van der Waals surface area contributed by atoms with Gasteiger partial charge in [0.15, 0.2) is 57.8 Å². The van der Waals surface area contributed by atoms with E-state index in [0.29, 0.717) is 36.4 Å². The Bertz CT molecular complexity index is 1750. The van der Waals surface area contributed by atoms with Crippen LogP contribution in [0.15, 0.2) is 36.4 Å². The van der Waals surface area contributed by atoms with Crippen LogP contribution in [-0.4, -0.2) is 117 Å². The summed E-state index contributed by atoms with van der Waals surface area (Å²) in [5.74, 6) is -18.2. The number of benzene rings is 3. The molecule has 20 heteroatoms. The summed E-state index contributed by atoms with van der Waals surface area (Å²) in [7, 11) is 0. The third kappa shape index (κ3) is 7.15. The Hall–Kier alpha value is -6.38. The van der Waals surface area contributed by atoms with Gasteiger partial charge in [-0.15, -0.1) is 0 Å². The second-order valence-corrected chi connectivity index (χ2v) is 10.2. The maximum absolute atomic E-state index is 13.1. The molecular formula is C29H26O20. The number of esters is 4. The van der Waals surface area contributed by atoms with Gasteiger partial charge in [0.2, 0.25) is 6.10 Å². The molecule has 1 aliphatic rings. The molecule has 3 aromatic carbocycles. The van der Waals surface area contributed by atoms with Crippen LogP contribution in [0.2, 0.25) is 0 Å². The highest BCUT2D eigenvalue weighted by Gasteiger charge is 2.62. The number of aromatic hydroxyl groups is 9. The van der Waals surface area contributed by atoms with Gasteiger partial charge in [-0.05, 0) is 36.4 Å². The van der Waals surface area contributed by atoms with Crippen molar-refractivity contribution in [3.8, 4) is 51.7 Å². The van der Waals surface area contributed by atoms with Gasteiger partial charge in [0.05, 0.1) is 16.7 Å². The first kappa shape index (κ1) is 35.5. The molecule has 0 radical (unpaired) electrons. The zero-order valence-electron chi connectivity index (χ0n) is 24.6. The van der Waals surface area contributed by atoms with Gasteiger partial charge in [0, 0.05) is 6.92 Å². The van der Waals surface area contributed by atoms with Crippen LogP contribution in [0, 0.1) is 0 Å². The number of carbonyl (C=O) groups excluding carboxylic acids is 4. The van der Waals surface area contributed by atoms with Crippen LogP contribution in [0.3, 0.4) is 0 Å². The largest absolute Gasteiger partial charge is 0.504 e. The van der Waals surface area contributed by atoms with Crippen LogP contribution in [0.1, 0.15) is 38.0 Å². The van der Waals surface area contributed by atoms with E-state index in [1.165, 1.54) is 0 Å². The third-order valence-corrected chi connectivity index (χ3v) is 6.77. The van der Waals surface area contributed by atoms with E-state index >= 15 is 0 Å². The zero-order chi connectivity index (χ0) is 36.5. The molecule has 262 valence electrons. The maximum Gasteiger partial charge on any atom is 0.408 e. The summed E-state index contributed by atoms with van der Waals surface area (Å²) < 4.78 is 25.7. The summed E-state index contributed by atoms with van der Waals surface area (Å²) in [4.78, 5) is 51.1. The van der Waals surface area contributed by atoms with Gasteiger partial charge in [-0.25, -0.2) is 14.4 Å². The predicted octanol–water partition coefficient (Wildman–Crippen LogP) is -0.386. The fourth-order valence-electron chi connectivity index (χ4n) is 4.39. The van der Waals surface area contributed by atoms with Gasteiger partial charge in [0.1, 0.15) is 18.8 Å². The molecule has 0 amide bonds. The molecule has 0 aromatic heterocycles. The van der Waals surface area contributed by atoms with Gasteiger partial charge in [-0.1, -0.05) is 0 Å². The van der Waals surface area contributed by atoms with Crippen LogP contribution < -0.4 is 0 Å². The molecule has 1 aliphatic heterocycles. The summed E-state index contributed by atoms with van der Waals surface area (Å²) in [6.07, 6.45) is -9.38.